The van der Waals surface area contributed by atoms with Gasteiger partial charge in [0.05, 0.1) is 11.8 Å². The van der Waals surface area contributed by atoms with Crippen LogP contribution in [-0.2, 0) is 20.7 Å². The maximum absolute atomic E-state index is 13.1. The van der Waals surface area contributed by atoms with Crippen LogP contribution in [0.25, 0.3) is 0 Å². The van der Waals surface area contributed by atoms with E-state index < -0.39 is 17.4 Å². The summed E-state index contributed by atoms with van der Waals surface area (Å²) < 4.78 is 5.71. The standard InChI is InChI=1S/C24H41N3O3/c1-17(2)14-21(22(28)27-26-15-18(3)4)20(23(29)30-24(5,6)7)12-8-10-19-11-9-13-25-16-19/h9,11,13,16-18,20-21,26H,8,10,12,14-15H2,1-7H3,(H,27,28)/t20-,21?/m0/s1. The summed E-state index contributed by atoms with van der Waals surface area (Å²) in [6.45, 7) is 14.6. The van der Waals surface area contributed by atoms with E-state index in [2.05, 4.69) is 43.5 Å². The minimum absolute atomic E-state index is 0.137. The molecule has 0 aliphatic carbocycles. The molecule has 0 aliphatic rings. The second-order valence-electron chi connectivity index (χ2n) is 9.89. The number of hydrogen-bond acceptors (Lipinski definition) is 5. The molecule has 0 saturated heterocycles. The molecular weight excluding hydrogens is 378 g/mol. The predicted octanol–water partition coefficient (Wildman–Crippen LogP) is 4.30. The van der Waals surface area contributed by atoms with Crippen molar-refractivity contribution >= 4 is 11.9 Å². The van der Waals surface area contributed by atoms with Gasteiger partial charge in [0.25, 0.3) is 0 Å². The maximum Gasteiger partial charge on any atom is 0.310 e. The largest absolute Gasteiger partial charge is 0.460 e. The van der Waals surface area contributed by atoms with Gasteiger partial charge in [-0.25, -0.2) is 5.43 Å². The van der Waals surface area contributed by atoms with E-state index in [0.29, 0.717) is 25.3 Å². The van der Waals surface area contributed by atoms with Crippen molar-refractivity contribution in [2.24, 2.45) is 23.7 Å². The first-order valence-corrected chi connectivity index (χ1v) is 11.1. The third-order valence-corrected chi connectivity index (χ3v) is 4.68. The highest BCUT2D eigenvalue weighted by atomic mass is 16.6. The van der Waals surface area contributed by atoms with Gasteiger partial charge in [-0.15, -0.1) is 0 Å². The fraction of sp³-hybridized carbons (Fsp3) is 0.708. The molecule has 1 aromatic heterocycles. The van der Waals surface area contributed by atoms with Gasteiger partial charge in [0, 0.05) is 18.9 Å². The lowest BCUT2D eigenvalue weighted by molar-refractivity contribution is -0.164. The molecule has 0 saturated carbocycles. The number of rotatable bonds is 12. The van der Waals surface area contributed by atoms with Crippen LogP contribution in [-0.4, -0.2) is 29.0 Å². The molecule has 2 N–H and O–H groups in total. The summed E-state index contributed by atoms with van der Waals surface area (Å²) in [5, 5.41) is 0. The van der Waals surface area contributed by atoms with Crippen LogP contribution < -0.4 is 10.9 Å². The molecule has 0 aliphatic heterocycles. The molecule has 0 fully saturated rings. The van der Waals surface area contributed by atoms with Crippen LogP contribution in [0.5, 0.6) is 0 Å². The maximum atomic E-state index is 13.1. The molecule has 1 rings (SSSR count). The minimum atomic E-state index is -0.590. The van der Waals surface area contributed by atoms with Crippen molar-refractivity contribution in [3.8, 4) is 0 Å². The quantitative estimate of drug-likeness (QED) is 0.390. The molecule has 1 unspecified atom stereocenters. The summed E-state index contributed by atoms with van der Waals surface area (Å²) in [5.74, 6) is -0.651. The zero-order valence-electron chi connectivity index (χ0n) is 19.8. The van der Waals surface area contributed by atoms with Gasteiger partial charge >= 0.3 is 5.97 Å². The number of aromatic nitrogens is 1. The van der Waals surface area contributed by atoms with Gasteiger partial charge in [0.15, 0.2) is 0 Å². The van der Waals surface area contributed by atoms with Crippen LogP contribution in [0.4, 0.5) is 0 Å². The van der Waals surface area contributed by atoms with Crippen LogP contribution in [0.1, 0.15) is 73.3 Å². The van der Waals surface area contributed by atoms with Crippen LogP contribution >= 0.6 is 0 Å². The zero-order chi connectivity index (χ0) is 22.7. The summed E-state index contributed by atoms with van der Waals surface area (Å²) in [7, 11) is 0. The SMILES string of the molecule is CC(C)CNNC(=O)C(CC(C)C)[C@H](CCCc1cccnc1)C(=O)OC(C)(C)C. The first kappa shape index (κ1) is 26.1. The van der Waals surface area contributed by atoms with Crippen molar-refractivity contribution in [2.75, 3.05) is 6.54 Å². The van der Waals surface area contributed by atoms with Gasteiger partial charge in [0.2, 0.25) is 5.91 Å². The number of nitrogens with one attached hydrogen (secondary N) is 2. The zero-order valence-corrected chi connectivity index (χ0v) is 19.8. The Morgan fingerprint density at radius 2 is 1.80 bits per heavy atom. The Balaban J connectivity index is 2.95. The highest BCUT2D eigenvalue weighted by Gasteiger charge is 2.36. The lowest BCUT2D eigenvalue weighted by atomic mass is 9.81. The molecule has 1 amide bonds. The van der Waals surface area contributed by atoms with Crippen LogP contribution in [0.2, 0.25) is 0 Å². The lowest BCUT2D eigenvalue weighted by Crippen LogP contribution is -2.47. The first-order chi connectivity index (χ1) is 14.0. The molecule has 1 aromatic rings. The van der Waals surface area contributed by atoms with Crippen LogP contribution in [0.3, 0.4) is 0 Å². The summed E-state index contributed by atoms with van der Waals surface area (Å²) in [5.41, 5.74) is 6.36. The summed E-state index contributed by atoms with van der Waals surface area (Å²) in [6.07, 6.45) is 6.42. The average Bonchev–Trinajstić information content (AvgIpc) is 2.62. The van der Waals surface area contributed by atoms with Gasteiger partial charge in [-0.2, -0.15) is 0 Å². The molecule has 6 nitrogen and oxygen atoms in total. The molecule has 6 heteroatoms. The summed E-state index contributed by atoms with van der Waals surface area (Å²) in [6, 6.07) is 3.94. The summed E-state index contributed by atoms with van der Waals surface area (Å²) >= 11 is 0. The normalized spacial score (nSPS) is 13.9. The van der Waals surface area contributed by atoms with E-state index in [1.165, 1.54) is 0 Å². The predicted molar refractivity (Wildman–Crippen MR) is 120 cm³/mol. The van der Waals surface area contributed by atoms with Crippen molar-refractivity contribution in [3.63, 3.8) is 0 Å². The van der Waals surface area contributed by atoms with Crippen molar-refractivity contribution in [3.05, 3.63) is 30.1 Å². The third-order valence-electron chi connectivity index (χ3n) is 4.68. The lowest BCUT2D eigenvalue weighted by Gasteiger charge is -2.30. The van der Waals surface area contributed by atoms with E-state index in [-0.39, 0.29) is 17.8 Å². The van der Waals surface area contributed by atoms with Gasteiger partial charge in [-0.1, -0.05) is 33.8 Å². The number of nitrogens with zero attached hydrogens (tertiary/aromatic N) is 1. The number of pyridine rings is 1. The molecular formula is C24H41N3O3. The topological polar surface area (TPSA) is 80.3 Å². The van der Waals surface area contributed by atoms with Crippen molar-refractivity contribution in [1.82, 2.24) is 15.8 Å². The number of hydrogen-bond donors (Lipinski definition) is 2. The van der Waals surface area contributed by atoms with E-state index in [0.717, 1.165) is 18.4 Å². The van der Waals surface area contributed by atoms with E-state index >= 15 is 0 Å². The number of ether oxygens (including phenoxy) is 1. The molecule has 0 radical (unpaired) electrons. The second kappa shape index (κ2) is 12.7. The van der Waals surface area contributed by atoms with E-state index in [9.17, 15) is 9.59 Å². The van der Waals surface area contributed by atoms with Gasteiger partial charge in [0.1, 0.15) is 5.60 Å². The van der Waals surface area contributed by atoms with Gasteiger partial charge in [-0.05, 0) is 69.9 Å². The number of esters is 1. The second-order valence-corrected chi connectivity index (χ2v) is 9.89. The van der Waals surface area contributed by atoms with Crippen LogP contribution in [0, 0.1) is 23.7 Å². The Morgan fingerprint density at radius 3 is 2.33 bits per heavy atom. The Labute approximate surface area is 182 Å². The first-order valence-electron chi connectivity index (χ1n) is 11.1. The smallest absolute Gasteiger partial charge is 0.310 e. The van der Waals surface area contributed by atoms with Crippen molar-refractivity contribution in [1.29, 1.82) is 0 Å². The number of aryl methyl sites for hydroxylation is 1. The van der Waals surface area contributed by atoms with E-state index in [4.69, 9.17) is 4.74 Å². The number of hydrazine groups is 1. The number of carbonyl (C=O) groups is 2. The molecule has 30 heavy (non-hydrogen) atoms. The van der Waals surface area contributed by atoms with E-state index in [1.54, 1.807) is 6.20 Å². The highest BCUT2D eigenvalue weighted by molar-refractivity contribution is 5.85. The number of carbonyl (C=O) groups excluding carboxylic acids is 2. The average molecular weight is 420 g/mol. The van der Waals surface area contributed by atoms with Gasteiger partial charge < -0.3 is 4.74 Å². The molecule has 0 spiro atoms. The Hall–Kier alpha value is -1.95. The fourth-order valence-corrected chi connectivity index (χ4v) is 3.33. The molecule has 0 bridgehead atoms. The fourth-order valence-electron chi connectivity index (χ4n) is 3.33. The van der Waals surface area contributed by atoms with Crippen molar-refractivity contribution in [2.45, 2.75) is 79.8 Å². The third kappa shape index (κ3) is 10.7. The highest BCUT2D eigenvalue weighted by Crippen LogP contribution is 2.28. The van der Waals surface area contributed by atoms with E-state index in [1.807, 2.05) is 39.1 Å². The molecule has 170 valence electrons. The summed E-state index contributed by atoms with van der Waals surface area (Å²) in [4.78, 5) is 30.2. The Kier molecular flexibility index (Phi) is 11.0. The number of amides is 1. The van der Waals surface area contributed by atoms with Crippen LogP contribution in [0.15, 0.2) is 24.5 Å². The van der Waals surface area contributed by atoms with Crippen molar-refractivity contribution < 1.29 is 14.3 Å². The monoisotopic (exact) mass is 419 g/mol. The minimum Gasteiger partial charge on any atom is -0.460 e. The Bertz CT molecular complexity index is 639. The molecule has 0 aromatic carbocycles. The molecule has 1 heterocycles. The molecule has 2 atom stereocenters. The Morgan fingerprint density at radius 1 is 1.10 bits per heavy atom. The van der Waals surface area contributed by atoms with Gasteiger partial charge in [-0.3, -0.25) is 20.0 Å².